The Morgan fingerprint density at radius 1 is 1.11 bits per heavy atom. The SMILES string of the molecule is OC1(c2ccc(Cl)cc2F)CCc2ccccc21. The molecule has 0 heterocycles. The molecule has 1 unspecified atom stereocenters. The van der Waals surface area contributed by atoms with Gasteiger partial charge in [-0.2, -0.15) is 0 Å². The van der Waals surface area contributed by atoms with Crippen molar-refractivity contribution in [3.63, 3.8) is 0 Å². The molecule has 0 aliphatic heterocycles. The van der Waals surface area contributed by atoms with Crippen LogP contribution in [-0.2, 0) is 12.0 Å². The molecule has 2 aromatic carbocycles. The monoisotopic (exact) mass is 262 g/mol. The van der Waals surface area contributed by atoms with Gasteiger partial charge in [-0.15, -0.1) is 0 Å². The summed E-state index contributed by atoms with van der Waals surface area (Å²) in [6.07, 6.45) is 1.26. The zero-order valence-electron chi connectivity index (χ0n) is 9.66. The van der Waals surface area contributed by atoms with E-state index in [0.29, 0.717) is 17.0 Å². The lowest BCUT2D eigenvalue weighted by atomic mass is 9.87. The average molecular weight is 263 g/mol. The summed E-state index contributed by atoms with van der Waals surface area (Å²) in [7, 11) is 0. The summed E-state index contributed by atoms with van der Waals surface area (Å²) in [4.78, 5) is 0. The quantitative estimate of drug-likeness (QED) is 0.832. The highest BCUT2D eigenvalue weighted by Gasteiger charge is 2.39. The van der Waals surface area contributed by atoms with Crippen molar-refractivity contribution >= 4 is 11.6 Å². The van der Waals surface area contributed by atoms with Gasteiger partial charge in [0.15, 0.2) is 0 Å². The molecule has 92 valence electrons. The fourth-order valence-corrected chi connectivity index (χ4v) is 2.86. The van der Waals surface area contributed by atoms with Crippen molar-refractivity contribution < 1.29 is 9.50 Å². The van der Waals surface area contributed by atoms with Crippen molar-refractivity contribution in [1.29, 1.82) is 0 Å². The molecule has 0 radical (unpaired) electrons. The minimum atomic E-state index is -1.23. The van der Waals surface area contributed by atoms with Gasteiger partial charge in [-0.3, -0.25) is 0 Å². The van der Waals surface area contributed by atoms with Crippen LogP contribution >= 0.6 is 11.6 Å². The van der Waals surface area contributed by atoms with E-state index in [1.807, 2.05) is 24.3 Å². The molecule has 1 aliphatic carbocycles. The van der Waals surface area contributed by atoms with E-state index in [2.05, 4.69) is 0 Å². The van der Waals surface area contributed by atoms with Crippen LogP contribution in [-0.4, -0.2) is 5.11 Å². The van der Waals surface area contributed by atoms with Crippen molar-refractivity contribution in [3.05, 3.63) is 70.0 Å². The third-order valence-corrected chi connectivity index (χ3v) is 3.83. The van der Waals surface area contributed by atoms with Crippen LogP contribution in [0.2, 0.25) is 5.02 Å². The van der Waals surface area contributed by atoms with Crippen LogP contribution in [0.25, 0.3) is 0 Å². The molecule has 3 rings (SSSR count). The Kier molecular flexibility index (Phi) is 2.65. The molecule has 0 saturated carbocycles. The molecule has 0 aromatic heterocycles. The van der Waals surface area contributed by atoms with Crippen molar-refractivity contribution in [2.75, 3.05) is 0 Å². The number of aryl methyl sites for hydroxylation is 1. The number of aliphatic hydroxyl groups is 1. The number of hydrogen-bond acceptors (Lipinski definition) is 1. The predicted octanol–water partition coefficient (Wildman–Crippen LogP) is 3.66. The molecule has 1 nitrogen and oxygen atoms in total. The fraction of sp³-hybridized carbons (Fsp3) is 0.200. The minimum Gasteiger partial charge on any atom is -0.380 e. The van der Waals surface area contributed by atoms with Gasteiger partial charge in [0.05, 0.1) is 0 Å². The van der Waals surface area contributed by atoms with E-state index < -0.39 is 11.4 Å². The third-order valence-electron chi connectivity index (χ3n) is 3.60. The number of benzene rings is 2. The largest absolute Gasteiger partial charge is 0.380 e. The van der Waals surface area contributed by atoms with E-state index in [4.69, 9.17) is 11.6 Å². The molecular weight excluding hydrogens is 251 g/mol. The highest BCUT2D eigenvalue weighted by atomic mass is 35.5. The zero-order chi connectivity index (χ0) is 12.8. The van der Waals surface area contributed by atoms with Crippen LogP contribution in [0.5, 0.6) is 0 Å². The Labute approximate surface area is 110 Å². The molecule has 18 heavy (non-hydrogen) atoms. The standard InChI is InChI=1S/C15H12ClFO/c16-11-5-6-13(14(17)9-11)15(18)8-7-10-3-1-2-4-12(10)15/h1-6,9,18H,7-8H2. The van der Waals surface area contributed by atoms with Gasteiger partial charge in [-0.1, -0.05) is 41.9 Å². The maximum atomic E-state index is 14.0. The van der Waals surface area contributed by atoms with Gasteiger partial charge in [0.1, 0.15) is 11.4 Å². The van der Waals surface area contributed by atoms with Crippen LogP contribution in [0.3, 0.4) is 0 Å². The summed E-state index contributed by atoms with van der Waals surface area (Å²) in [5.41, 5.74) is 0.947. The molecule has 0 bridgehead atoms. The molecule has 3 heteroatoms. The lowest BCUT2D eigenvalue weighted by Crippen LogP contribution is -2.25. The molecule has 2 aromatic rings. The normalized spacial score (nSPS) is 21.9. The topological polar surface area (TPSA) is 20.2 Å². The lowest BCUT2D eigenvalue weighted by Gasteiger charge is -2.25. The highest BCUT2D eigenvalue weighted by Crippen LogP contribution is 2.42. The van der Waals surface area contributed by atoms with Gasteiger partial charge in [-0.05, 0) is 36.1 Å². The van der Waals surface area contributed by atoms with Gasteiger partial charge < -0.3 is 5.11 Å². The molecule has 0 fully saturated rings. The number of halogens is 2. The second-order valence-corrected chi connectivity index (χ2v) is 5.08. The number of rotatable bonds is 1. The lowest BCUT2D eigenvalue weighted by molar-refractivity contribution is 0.0789. The molecule has 1 N–H and O–H groups in total. The molecule has 1 aliphatic rings. The van der Waals surface area contributed by atoms with Gasteiger partial charge in [0.2, 0.25) is 0 Å². The van der Waals surface area contributed by atoms with Crippen LogP contribution in [0.15, 0.2) is 42.5 Å². The van der Waals surface area contributed by atoms with Gasteiger partial charge in [-0.25, -0.2) is 4.39 Å². The zero-order valence-corrected chi connectivity index (χ0v) is 10.4. The van der Waals surface area contributed by atoms with E-state index >= 15 is 0 Å². The first-order valence-corrected chi connectivity index (χ1v) is 6.25. The first-order chi connectivity index (χ1) is 8.61. The molecule has 0 amide bonds. The summed E-state index contributed by atoms with van der Waals surface area (Å²) in [5.74, 6) is -0.457. The first kappa shape index (κ1) is 11.7. The van der Waals surface area contributed by atoms with E-state index in [0.717, 1.165) is 17.5 Å². The van der Waals surface area contributed by atoms with E-state index in [1.165, 1.54) is 6.07 Å². The number of fused-ring (bicyclic) bond motifs is 1. The summed E-state index contributed by atoms with van der Waals surface area (Å²) in [5, 5.41) is 11.1. The minimum absolute atomic E-state index is 0.303. The Bertz CT molecular complexity index is 611. The van der Waals surface area contributed by atoms with Crippen LogP contribution in [0.1, 0.15) is 23.1 Å². The third kappa shape index (κ3) is 1.64. The first-order valence-electron chi connectivity index (χ1n) is 5.87. The summed E-state index contributed by atoms with van der Waals surface area (Å²) < 4.78 is 14.0. The van der Waals surface area contributed by atoms with Crippen molar-refractivity contribution in [1.82, 2.24) is 0 Å². The van der Waals surface area contributed by atoms with Crippen LogP contribution < -0.4 is 0 Å². The Hall–Kier alpha value is -1.38. The molecule has 0 spiro atoms. The molecule has 1 atom stereocenters. The maximum absolute atomic E-state index is 14.0. The van der Waals surface area contributed by atoms with E-state index in [-0.39, 0.29) is 0 Å². The van der Waals surface area contributed by atoms with Crippen LogP contribution in [0, 0.1) is 5.82 Å². The van der Waals surface area contributed by atoms with E-state index in [1.54, 1.807) is 12.1 Å². The average Bonchev–Trinajstić information content (AvgIpc) is 2.69. The smallest absolute Gasteiger partial charge is 0.131 e. The second-order valence-electron chi connectivity index (χ2n) is 4.64. The Morgan fingerprint density at radius 3 is 2.67 bits per heavy atom. The van der Waals surface area contributed by atoms with Gasteiger partial charge >= 0.3 is 0 Å². The Balaban J connectivity index is 2.17. The number of hydrogen-bond donors (Lipinski definition) is 1. The van der Waals surface area contributed by atoms with Crippen LogP contribution in [0.4, 0.5) is 4.39 Å². The van der Waals surface area contributed by atoms with Gasteiger partial charge in [0.25, 0.3) is 0 Å². The van der Waals surface area contributed by atoms with Gasteiger partial charge in [0, 0.05) is 10.6 Å². The molecule has 0 saturated heterocycles. The predicted molar refractivity (Wildman–Crippen MR) is 69.2 cm³/mol. The van der Waals surface area contributed by atoms with Crippen molar-refractivity contribution in [3.8, 4) is 0 Å². The molecular formula is C15H12ClFO. The van der Waals surface area contributed by atoms with E-state index in [9.17, 15) is 9.50 Å². The van der Waals surface area contributed by atoms with Crippen molar-refractivity contribution in [2.45, 2.75) is 18.4 Å². The van der Waals surface area contributed by atoms with Crippen molar-refractivity contribution in [2.24, 2.45) is 0 Å². The fourth-order valence-electron chi connectivity index (χ4n) is 2.70. The summed E-state index contributed by atoms with van der Waals surface area (Å²) in [6, 6.07) is 12.1. The maximum Gasteiger partial charge on any atom is 0.131 e. The second kappa shape index (κ2) is 4.08. The summed E-state index contributed by atoms with van der Waals surface area (Å²) >= 11 is 5.75. The Morgan fingerprint density at radius 2 is 1.89 bits per heavy atom. The highest BCUT2D eigenvalue weighted by molar-refractivity contribution is 6.30. The summed E-state index contributed by atoms with van der Waals surface area (Å²) in [6.45, 7) is 0.